The monoisotopic (exact) mass is 178 g/mol. The van der Waals surface area contributed by atoms with E-state index < -0.39 is 5.60 Å². The summed E-state index contributed by atoms with van der Waals surface area (Å²) in [4.78, 5) is 4.02. The van der Waals surface area contributed by atoms with Gasteiger partial charge in [-0.15, -0.1) is 0 Å². The maximum absolute atomic E-state index is 10.3. The molecule has 0 saturated carbocycles. The SMILES string of the molecule is CC1NCCC1(O)c1cccnc1. The molecule has 2 N–H and O–H groups in total. The van der Waals surface area contributed by atoms with E-state index in [4.69, 9.17) is 0 Å². The van der Waals surface area contributed by atoms with Crippen molar-refractivity contribution in [1.82, 2.24) is 10.3 Å². The van der Waals surface area contributed by atoms with Crippen LogP contribution in [-0.4, -0.2) is 22.7 Å². The van der Waals surface area contributed by atoms with Crippen LogP contribution in [0.2, 0.25) is 0 Å². The summed E-state index contributed by atoms with van der Waals surface area (Å²) in [6.45, 7) is 2.87. The molecule has 0 aliphatic carbocycles. The van der Waals surface area contributed by atoms with E-state index >= 15 is 0 Å². The summed E-state index contributed by atoms with van der Waals surface area (Å²) in [6.07, 6.45) is 4.23. The number of nitrogens with zero attached hydrogens (tertiary/aromatic N) is 1. The fourth-order valence-corrected chi connectivity index (χ4v) is 1.88. The Balaban J connectivity index is 2.34. The van der Waals surface area contributed by atoms with Gasteiger partial charge in [-0.05, 0) is 26.0 Å². The fraction of sp³-hybridized carbons (Fsp3) is 0.500. The largest absolute Gasteiger partial charge is 0.383 e. The number of aliphatic hydroxyl groups is 1. The highest BCUT2D eigenvalue weighted by Gasteiger charge is 2.39. The molecule has 3 heteroatoms. The Morgan fingerprint density at radius 2 is 2.54 bits per heavy atom. The van der Waals surface area contributed by atoms with E-state index in [9.17, 15) is 5.11 Å². The van der Waals surface area contributed by atoms with Crippen molar-refractivity contribution in [2.75, 3.05) is 6.54 Å². The zero-order valence-electron chi connectivity index (χ0n) is 7.70. The van der Waals surface area contributed by atoms with E-state index in [1.807, 2.05) is 19.1 Å². The van der Waals surface area contributed by atoms with Crippen LogP contribution in [0.4, 0.5) is 0 Å². The standard InChI is InChI=1S/C10H14N2O/c1-8-10(13,4-6-12-8)9-3-2-5-11-7-9/h2-3,5,7-8,12-13H,4,6H2,1H3. The highest BCUT2D eigenvalue weighted by atomic mass is 16.3. The summed E-state index contributed by atoms with van der Waals surface area (Å²) in [6, 6.07) is 3.89. The number of pyridine rings is 1. The number of hydrogen-bond acceptors (Lipinski definition) is 3. The van der Waals surface area contributed by atoms with Crippen molar-refractivity contribution in [2.45, 2.75) is 25.0 Å². The van der Waals surface area contributed by atoms with Crippen molar-refractivity contribution in [3.05, 3.63) is 30.1 Å². The van der Waals surface area contributed by atoms with Crippen LogP contribution in [-0.2, 0) is 5.60 Å². The third-order valence-electron chi connectivity index (χ3n) is 2.83. The minimum Gasteiger partial charge on any atom is -0.383 e. The summed E-state index contributed by atoms with van der Waals surface area (Å²) in [5.41, 5.74) is 0.182. The van der Waals surface area contributed by atoms with Crippen molar-refractivity contribution in [3.8, 4) is 0 Å². The molecule has 2 heterocycles. The molecule has 2 atom stereocenters. The first-order valence-electron chi connectivity index (χ1n) is 4.60. The number of nitrogens with one attached hydrogen (secondary N) is 1. The molecule has 1 aliphatic heterocycles. The summed E-state index contributed by atoms with van der Waals surface area (Å²) in [5, 5.41) is 13.6. The molecule has 70 valence electrons. The maximum atomic E-state index is 10.3. The third kappa shape index (κ3) is 1.34. The normalized spacial score (nSPS) is 33.5. The van der Waals surface area contributed by atoms with E-state index in [1.54, 1.807) is 12.4 Å². The summed E-state index contributed by atoms with van der Waals surface area (Å²) in [7, 11) is 0. The molecule has 0 spiro atoms. The van der Waals surface area contributed by atoms with Gasteiger partial charge in [0.05, 0.1) is 0 Å². The van der Waals surface area contributed by atoms with Crippen molar-refractivity contribution >= 4 is 0 Å². The smallest absolute Gasteiger partial charge is 0.107 e. The average molecular weight is 178 g/mol. The lowest BCUT2D eigenvalue weighted by atomic mass is 9.89. The Morgan fingerprint density at radius 3 is 3.08 bits per heavy atom. The van der Waals surface area contributed by atoms with Crippen molar-refractivity contribution in [1.29, 1.82) is 0 Å². The van der Waals surface area contributed by atoms with Gasteiger partial charge < -0.3 is 10.4 Å². The molecule has 2 unspecified atom stereocenters. The zero-order chi connectivity index (χ0) is 9.31. The van der Waals surface area contributed by atoms with Crippen LogP contribution in [0.1, 0.15) is 18.9 Å². The number of aromatic nitrogens is 1. The second-order valence-electron chi connectivity index (χ2n) is 3.59. The lowest BCUT2D eigenvalue weighted by Crippen LogP contribution is -2.37. The predicted molar refractivity (Wildman–Crippen MR) is 50.2 cm³/mol. The van der Waals surface area contributed by atoms with Gasteiger partial charge in [0.15, 0.2) is 0 Å². The molecule has 1 saturated heterocycles. The Hall–Kier alpha value is -0.930. The number of rotatable bonds is 1. The molecule has 0 aromatic carbocycles. The first-order valence-corrected chi connectivity index (χ1v) is 4.60. The van der Waals surface area contributed by atoms with Gasteiger partial charge in [-0.1, -0.05) is 6.07 Å². The zero-order valence-corrected chi connectivity index (χ0v) is 7.70. The molecule has 1 aromatic rings. The minimum atomic E-state index is -0.728. The summed E-state index contributed by atoms with van der Waals surface area (Å²) < 4.78 is 0. The molecular weight excluding hydrogens is 164 g/mol. The predicted octanol–water partition coefficient (Wildman–Crippen LogP) is 0.651. The van der Waals surface area contributed by atoms with E-state index in [-0.39, 0.29) is 6.04 Å². The second-order valence-corrected chi connectivity index (χ2v) is 3.59. The van der Waals surface area contributed by atoms with Crippen molar-refractivity contribution in [2.24, 2.45) is 0 Å². The van der Waals surface area contributed by atoms with E-state index in [2.05, 4.69) is 10.3 Å². The molecule has 2 rings (SSSR count). The van der Waals surface area contributed by atoms with Gasteiger partial charge in [0.2, 0.25) is 0 Å². The Labute approximate surface area is 77.8 Å². The molecule has 1 aliphatic rings. The molecule has 0 amide bonds. The Morgan fingerprint density at radius 1 is 1.69 bits per heavy atom. The van der Waals surface area contributed by atoms with Crippen LogP contribution in [0.5, 0.6) is 0 Å². The van der Waals surface area contributed by atoms with E-state index in [0.717, 1.165) is 18.5 Å². The van der Waals surface area contributed by atoms with Crippen LogP contribution in [0.15, 0.2) is 24.5 Å². The van der Waals surface area contributed by atoms with Crippen molar-refractivity contribution in [3.63, 3.8) is 0 Å². The van der Waals surface area contributed by atoms with Crippen molar-refractivity contribution < 1.29 is 5.11 Å². The van der Waals surface area contributed by atoms with E-state index in [0.29, 0.717) is 0 Å². The second kappa shape index (κ2) is 3.09. The van der Waals surface area contributed by atoms with Crippen LogP contribution in [0.3, 0.4) is 0 Å². The summed E-state index contributed by atoms with van der Waals surface area (Å²) in [5.74, 6) is 0. The molecule has 0 radical (unpaired) electrons. The van der Waals surface area contributed by atoms with Crippen LogP contribution in [0, 0.1) is 0 Å². The molecule has 0 bridgehead atoms. The lowest BCUT2D eigenvalue weighted by Gasteiger charge is -2.26. The topological polar surface area (TPSA) is 45.1 Å². The quantitative estimate of drug-likeness (QED) is 0.663. The van der Waals surface area contributed by atoms with Gasteiger partial charge in [-0.3, -0.25) is 4.98 Å². The van der Waals surface area contributed by atoms with Gasteiger partial charge in [-0.25, -0.2) is 0 Å². The molecular formula is C10H14N2O. The Bertz CT molecular complexity index is 288. The fourth-order valence-electron chi connectivity index (χ4n) is 1.88. The maximum Gasteiger partial charge on any atom is 0.107 e. The highest BCUT2D eigenvalue weighted by molar-refractivity contribution is 5.22. The van der Waals surface area contributed by atoms with Gasteiger partial charge in [0.25, 0.3) is 0 Å². The molecule has 13 heavy (non-hydrogen) atoms. The van der Waals surface area contributed by atoms with Crippen LogP contribution < -0.4 is 5.32 Å². The molecule has 1 aromatic heterocycles. The molecule has 1 fully saturated rings. The molecule has 3 nitrogen and oxygen atoms in total. The third-order valence-corrected chi connectivity index (χ3v) is 2.83. The van der Waals surface area contributed by atoms with Gasteiger partial charge in [-0.2, -0.15) is 0 Å². The number of hydrogen-bond donors (Lipinski definition) is 2. The van der Waals surface area contributed by atoms with Gasteiger partial charge >= 0.3 is 0 Å². The van der Waals surface area contributed by atoms with Gasteiger partial charge in [0, 0.05) is 24.0 Å². The highest BCUT2D eigenvalue weighted by Crippen LogP contribution is 2.31. The lowest BCUT2D eigenvalue weighted by molar-refractivity contribution is 0.0290. The first-order chi connectivity index (χ1) is 6.23. The van der Waals surface area contributed by atoms with Crippen LogP contribution in [0.25, 0.3) is 0 Å². The van der Waals surface area contributed by atoms with E-state index in [1.165, 1.54) is 0 Å². The summed E-state index contributed by atoms with van der Waals surface area (Å²) >= 11 is 0. The first kappa shape index (κ1) is 8.66. The minimum absolute atomic E-state index is 0.108. The average Bonchev–Trinajstić information content (AvgIpc) is 2.50. The van der Waals surface area contributed by atoms with Gasteiger partial charge in [0.1, 0.15) is 5.60 Å². The Kier molecular flexibility index (Phi) is 2.06. The van der Waals surface area contributed by atoms with Crippen LogP contribution >= 0.6 is 0 Å².